The number of ketones is 1. The second-order valence-electron chi connectivity index (χ2n) is 6.33. The SMILES string of the molecule is O=C(OC(C(=O)c1c[nH]c2ccccc12)c1ccccc1)c1ccccc1O. The van der Waals surface area contributed by atoms with Crippen molar-refractivity contribution >= 4 is 22.7 Å². The molecule has 0 saturated heterocycles. The first kappa shape index (κ1) is 17.5. The van der Waals surface area contributed by atoms with E-state index in [4.69, 9.17) is 4.74 Å². The zero-order chi connectivity index (χ0) is 19.5. The fraction of sp³-hybridized carbons (Fsp3) is 0.0435. The quantitative estimate of drug-likeness (QED) is 0.395. The third kappa shape index (κ3) is 3.25. The molecule has 5 nitrogen and oxygen atoms in total. The molecule has 1 unspecified atom stereocenters. The Kier molecular flexibility index (Phi) is 4.64. The summed E-state index contributed by atoms with van der Waals surface area (Å²) >= 11 is 0. The van der Waals surface area contributed by atoms with E-state index in [0.29, 0.717) is 11.1 Å². The zero-order valence-corrected chi connectivity index (χ0v) is 14.8. The fourth-order valence-corrected chi connectivity index (χ4v) is 3.13. The first-order valence-corrected chi connectivity index (χ1v) is 8.79. The molecule has 0 spiro atoms. The Labute approximate surface area is 161 Å². The molecule has 0 saturated carbocycles. The number of nitrogens with one attached hydrogen (secondary N) is 1. The molecular formula is C23H17NO4. The largest absolute Gasteiger partial charge is 0.507 e. The molecule has 4 aromatic rings. The van der Waals surface area contributed by atoms with Gasteiger partial charge >= 0.3 is 5.97 Å². The second kappa shape index (κ2) is 7.40. The summed E-state index contributed by atoms with van der Waals surface area (Å²) in [7, 11) is 0. The van der Waals surface area contributed by atoms with Crippen LogP contribution in [0.2, 0.25) is 0 Å². The molecule has 4 rings (SSSR count). The van der Waals surface area contributed by atoms with Gasteiger partial charge in [0.1, 0.15) is 11.3 Å². The fourth-order valence-electron chi connectivity index (χ4n) is 3.13. The van der Waals surface area contributed by atoms with E-state index in [-0.39, 0.29) is 17.1 Å². The number of aromatic hydroxyl groups is 1. The van der Waals surface area contributed by atoms with Crippen molar-refractivity contribution in [1.29, 1.82) is 0 Å². The summed E-state index contributed by atoms with van der Waals surface area (Å²) in [6.45, 7) is 0. The van der Waals surface area contributed by atoms with Gasteiger partial charge in [-0.05, 0) is 18.2 Å². The number of phenolic OH excluding ortho intramolecular Hbond substituents is 1. The number of rotatable bonds is 5. The van der Waals surface area contributed by atoms with Crippen LogP contribution in [0, 0.1) is 0 Å². The number of carbonyl (C=O) groups is 2. The van der Waals surface area contributed by atoms with Crippen molar-refractivity contribution in [3.8, 4) is 5.75 Å². The molecule has 0 aliphatic rings. The van der Waals surface area contributed by atoms with Crippen molar-refractivity contribution in [2.45, 2.75) is 6.10 Å². The van der Waals surface area contributed by atoms with Gasteiger partial charge in [0.15, 0.2) is 6.10 Å². The highest BCUT2D eigenvalue weighted by molar-refractivity contribution is 6.11. The monoisotopic (exact) mass is 371 g/mol. The number of esters is 1. The number of carbonyl (C=O) groups excluding carboxylic acids is 2. The van der Waals surface area contributed by atoms with Crippen LogP contribution in [0.3, 0.4) is 0 Å². The smallest absolute Gasteiger partial charge is 0.342 e. The lowest BCUT2D eigenvalue weighted by atomic mass is 9.99. The Morgan fingerprint density at radius 1 is 0.821 bits per heavy atom. The van der Waals surface area contributed by atoms with E-state index in [1.165, 1.54) is 12.1 Å². The van der Waals surface area contributed by atoms with Gasteiger partial charge in [-0.2, -0.15) is 0 Å². The van der Waals surface area contributed by atoms with Crippen molar-refractivity contribution in [1.82, 2.24) is 4.98 Å². The van der Waals surface area contributed by atoms with Crippen molar-refractivity contribution in [2.75, 3.05) is 0 Å². The molecular weight excluding hydrogens is 354 g/mol. The van der Waals surface area contributed by atoms with Gasteiger partial charge in [-0.15, -0.1) is 0 Å². The predicted octanol–water partition coefficient (Wildman–Crippen LogP) is 4.65. The average Bonchev–Trinajstić information content (AvgIpc) is 3.16. The lowest BCUT2D eigenvalue weighted by molar-refractivity contribution is 0.0278. The van der Waals surface area contributed by atoms with Crippen LogP contribution >= 0.6 is 0 Å². The molecule has 1 aromatic heterocycles. The summed E-state index contributed by atoms with van der Waals surface area (Å²) in [5.74, 6) is -1.30. The predicted molar refractivity (Wildman–Crippen MR) is 105 cm³/mol. The number of aromatic amines is 1. The molecule has 138 valence electrons. The van der Waals surface area contributed by atoms with E-state index in [1.807, 2.05) is 30.3 Å². The first-order chi connectivity index (χ1) is 13.6. The average molecular weight is 371 g/mol. The molecule has 0 radical (unpaired) electrons. The molecule has 1 heterocycles. The Hall–Kier alpha value is -3.86. The van der Waals surface area contributed by atoms with Crippen molar-refractivity contribution < 1.29 is 19.4 Å². The van der Waals surface area contributed by atoms with Crippen LogP contribution in [0.4, 0.5) is 0 Å². The summed E-state index contributed by atoms with van der Waals surface area (Å²) in [5.41, 5.74) is 1.83. The van der Waals surface area contributed by atoms with Gasteiger partial charge in [-0.25, -0.2) is 4.79 Å². The molecule has 0 aliphatic carbocycles. The van der Waals surface area contributed by atoms with Gasteiger partial charge in [0, 0.05) is 28.2 Å². The van der Waals surface area contributed by atoms with Crippen LogP contribution in [-0.2, 0) is 4.74 Å². The van der Waals surface area contributed by atoms with E-state index in [9.17, 15) is 14.7 Å². The topological polar surface area (TPSA) is 79.4 Å². The summed E-state index contributed by atoms with van der Waals surface area (Å²) < 4.78 is 5.58. The van der Waals surface area contributed by atoms with Gasteiger partial charge in [-0.3, -0.25) is 4.79 Å². The van der Waals surface area contributed by atoms with Gasteiger partial charge < -0.3 is 14.8 Å². The summed E-state index contributed by atoms with van der Waals surface area (Å²) in [6, 6.07) is 22.4. The van der Waals surface area contributed by atoms with Crippen LogP contribution < -0.4 is 0 Å². The first-order valence-electron chi connectivity index (χ1n) is 8.79. The molecule has 0 amide bonds. The van der Waals surface area contributed by atoms with Gasteiger partial charge in [0.25, 0.3) is 0 Å². The Morgan fingerprint density at radius 2 is 1.50 bits per heavy atom. The lowest BCUT2D eigenvalue weighted by Gasteiger charge is -2.17. The molecule has 3 aromatic carbocycles. The number of hydrogen-bond acceptors (Lipinski definition) is 4. The molecule has 0 bridgehead atoms. The van der Waals surface area contributed by atoms with E-state index < -0.39 is 12.1 Å². The maximum atomic E-state index is 13.3. The normalized spacial score (nSPS) is 11.9. The number of Topliss-reactive ketones (excluding diaryl/α,β-unsaturated/α-hetero) is 1. The number of para-hydroxylation sites is 2. The van der Waals surface area contributed by atoms with E-state index in [2.05, 4.69) is 4.98 Å². The highest BCUT2D eigenvalue weighted by Crippen LogP contribution is 2.29. The van der Waals surface area contributed by atoms with Crippen LogP contribution in [0.5, 0.6) is 5.75 Å². The van der Waals surface area contributed by atoms with Crippen molar-refractivity contribution in [3.05, 3.63) is 102 Å². The van der Waals surface area contributed by atoms with Gasteiger partial charge in [0.2, 0.25) is 5.78 Å². The third-order valence-corrected chi connectivity index (χ3v) is 4.54. The maximum Gasteiger partial charge on any atom is 0.342 e. The number of fused-ring (bicyclic) bond motifs is 1. The molecule has 0 fully saturated rings. The second-order valence-corrected chi connectivity index (χ2v) is 6.33. The molecule has 1 atom stereocenters. The molecule has 28 heavy (non-hydrogen) atoms. The number of benzene rings is 3. The summed E-state index contributed by atoms with van der Waals surface area (Å²) in [5, 5.41) is 10.7. The van der Waals surface area contributed by atoms with Crippen molar-refractivity contribution in [2.24, 2.45) is 0 Å². The number of phenols is 1. The maximum absolute atomic E-state index is 13.3. The van der Waals surface area contributed by atoms with E-state index in [0.717, 1.165) is 10.9 Å². The standard InChI is InChI=1S/C23H17NO4/c25-20-13-7-5-11-17(20)23(27)28-22(15-8-2-1-3-9-15)21(26)18-14-24-19-12-6-4-10-16(18)19/h1-14,22,24-25H. The summed E-state index contributed by atoms with van der Waals surface area (Å²) in [4.78, 5) is 29.0. The minimum atomic E-state index is -1.13. The molecule has 0 aliphatic heterocycles. The highest BCUT2D eigenvalue weighted by atomic mass is 16.5. The third-order valence-electron chi connectivity index (χ3n) is 4.54. The van der Waals surface area contributed by atoms with E-state index >= 15 is 0 Å². The van der Waals surface area contributed by atoms with E-state index in [1.54, 1.807) is 42.6 Å². The highest BCUT2D eigenvalue weighted by Gasteiger charge is 2.29. The van der Waals surface area contributed by atoms with Crippen molar-refractivity contribution in [3.63, 3.8) is 0 Å². The Bertz CT molecular complexity index is 1150. The zero-order valence-electron chi connectivity index (χ0n) is 14.8. The number of ether oxygens (including phenoxy) is 1. The summed E-state index contributed by atoms with van der Waals surface area (Å²) in [6.07, 6.45) is 0.490. The Morgan fingerprint density at radius 3 is 2.29 bits per heavy atom. The van der Waals surface area contributed by atoms with Crippen LogP contribution in [0.1, 0.15) is 32.4 Å². The minimum absolute atomic E-state index is 0.00941. The molecule has 5 heteroatoms. The Balaban J connectivity index is 1.73. The lowest BCUT2D eigenvalue weighted by Crippen LogP contribution is -2.20. The van der Waals surface area contributed by atoms with Gasteiger partial charge in [0.05, 0.1) is 0 Å². The van der Waals surface area contributed by atoms with Crippen LogP contribution in [0.25, 0.3) is 10.9 Å². The number of H-pyrrole nitrogens is 1. The molecule has 2 N–H and O–H groups in total. The van der Waals surface area contributed by atoms with Crippen LogP contribution in [-0.4, -0.2) is 21.8 Å². The minimum Gasteiger partial charge on any atom is -0.507 e. The number of hydrogen-bond donors (Lipinski definition) is 2. The van der Waals surface area contributed by atoms with Gasteiger partial charge in [-0.1, -0.05) is 60.7 Å². The number of aromatic nitrogens is 1. The van der Waals surface area contributed by atoms with Crippen LogP contribution in [0.15, 0.2) is 85.1 Å².